The molecule has 2 aromatic carbocycles. The number of amides is 2. The van der Waals surface area contributed by atoms with Gasteiger partial charge in [0.15, 0.2) is 0 Å². The van der Waals surface area contributed by atoms with Crippen LogP contribution in [0, 0.1) is 0 Å². The van der Waals surface area contributed by atoms with E-state index in [1.54, 1.807) is 29.8 Å². The molecule has 7 nitrogen and oxygen atoms in total. The van der Waals surface area contributed by atoms with Crippen molar-refractivity contribution in [2.45, 2.75) is 19.0 Å². The van der Waals surface area contributed by atoms with Crippen molar-refractivity contribution in [1.82, 2.24) is 10.4 Å². The Kier molecular flexibility index (Phi) is 4.80. The number of carbonyl (C=O) groups excluding carboxylic acids is 2. The maximum Gasteiger partial charge on any atom is 0.274 e. The molecule has 3 heterocycles. The molecule has 2 bridgehead atoms. The number of hydroxylamine groups is 1. The van der Waals surface area contributed by atoms with Crippen LogP contribution < -0.4 is 10.2 Å². The van der Waals surface area contributed by atoms with E-state index < -0.39 is 5.91 Å². The molecule has 7 heteroatoms. The van der Waals surface area contributed by atoms with Gasteiger partial charge in [-0.25, -0.2) is 5.48 Å². The first-order chi connectivity index (χ1) is 15.1. The van der Waals surface area contributed by atoms with Gasteiger partial charge < -0.3 is 14.1 Å². The summed E-state index contributed by atoms with van der Waals surface area (Å²) in [5.41, 5.74) is 4.33. The van der Waals surface area contributed by atoms with Crippen molar-refractivity contribution >= 4 is 17.9 Å². The molecule has 2 N–H and O–H groups in total. The number of benzene rings is 2. The SMILES string of the molecule is O=C(NO)c1ccc2c(c1)OC[C@H](c1ccccc1)N(C(=O)C1=Cc3ccc(o3)C1)C2. The van der Waals surface area contributed by atoms with Gasteiger partial charge in [-0.2, -0.15) is 0 Å². The second-order valence-electron chi connectivity index (χ2n) is 7.58. The normalized spacial score (nSPS) is 17.1. The zero-order valence-electron chi connectivity index (χ0n) is 16.6. The smallest absolute Gasteiger partial charge is 0.274 e. The van der Waals surface area contributed by atoms with E-state index in [1.165, 1.54) is 0 Å². The summed E-state index contributed by atoms with van der Waals surface area (Å²) in [6.45, 7) is 0.563. The Bertz CT molecular complexity index is 1180. The lowest BCUT2D eigenvalue weighted by Crippen LogP contribution is -2.37. The Morgan fingerprint density at radius 1 is 1.06 bits per heavy atom. The van der Waals surface area contributed by atoms with Crippen molar-refractivity contribution in [2.75, 3.05) is 6.61 Å². The molecule has 2 amide bonds. The first-order valence-corrected chi connectivity index (χ1v) is 9.98. The molecule has 0 saturated heterocycles. The minimum absolute atomic E-state index is 0.0792. The number of furan rings is 1. The summed E-state index contributed by atoms with van der Waals surface area (Å²) in [6.07, 6.45) is 2.24. The lowest BCUT2D eigenvalue weighted by molar-refractivity contribution is -0.130. The minimum atomic E-state index is -0.618. The second-order valence-corrected chi connectivity index (χ2v) is 7.58. The number of hydrogen-bond acceptors (Lipinski definition) is 5. The maximum absolute atomic E-state index is 13.6. The number of nitrogens with one attached hydrogen (secondary N) is 1. The van der Waals surface area contributed by atoms with Crippen LogP contribution in [0.4, 0.5) is 0 Å². The third-order valence-corrected chi connectivity index (χ3v) is 5.63. The molecule has 0 fully saturated rings. The van der Waals surface area contributed by atoms with E-state index in [-0.39, 0.29) is 24.1 Å². The summed E-state index contributed by atoms with van der Waals surface area (Å²) in [6, 6.07) is 18.1. The lowest BCUT2D eigenvalue weighted by Gasteiger charge is -2.30. The Labute approximate surface area is 178 Å². The second kappa shape index (κ2) is 7.77. The zero-order valence-corrected chi connectivity index (χ0v) is 16.6. The highest BCUT2D eigenvalue weighted by Crippen LogP contribution is 2.34. The third-order valence-electron chi connectivity index (χ3n) is 5.63. The fourth-order valence-corrected chi connectivity index (χ4v) is 4.04. The molecule has 3 aromatic rings. The van der Waals surface area contributed by atoms with Crippen LogP contribution in [0.3, 0.4) is 0 Å². The highest BCUT2D eigenvalue weighted by molar-refractivity contribution is 5.99. The largest absolute Gasteiger partial charge is 0.491 e. The first-order valence-electron chi connectivity index (χ1n) is 9.98. The summed E-state index contributed by atoms with van der Waals surface area (Å²) < 4.78 is 11.6. The monoisotopic (exact) mass is 416 g/mol. The lowest BCUT2D eigenvalue weighted by atomic mass is 10.0. The number of fused-ring (bicyclic) bond motifs is 3. The average molecular weight is 416 g/mol. The van der Waals surface area contributed by atoms with E-state index >= 15 is 0 Å². The van der Waals surface area contributed by atoms with Crippen LogP contribution in [0.2, 0.25) is 0 Å². The van der Waals surface area contributed by atoms with Crippen LogP contribution in [0.25, 0.3) is 6.08 Å². The Morgan fingerprint density at radius 2 is 1.90 bits per heavy atom. The van der Waals surface area contributed by atoms with Crippen LogP contribution in [0.1, 0.15) is 39.0 Å². The van der Waals surface area contributed by atoms with Crippen molar-refractivity contribution in [2.24, 2.45) is 0 Å². The number of ether oxygens (including phenoxy) is 1. The summed E-state index contributed by atoms with van der Waals surface area (Å²) in [5, 5.41) is 8.93. The highest BCUT2D eigenvalue weighted by atomic mass is 16.5. The quantitative estimate of drug-likeness (QED) is 0.504. The Morgan fingerprint density at radius 3 is 2.68 bits per heavy atom. The molecular weight excluding hydrogens is 396 g/mol. The predicted molar refractivity (Wildman–Crippen MR) is 111 cm³/mol. The van der Waals surface area contributed by atoms with Gasteiger partial charge in [0, 0.05) is 23.1 Å². The number of rotatable bonds is 3. The maximum atomic E-state index is 13.6. The number of hydrogen-bond donors (Lipinski definition) is 2. The number of carbonyl (C=O) groups is 2. The molecule has 2 aliphatic rings. The minimum Gasteiger partial charge on any atom is -0.491 e. The summed E-state index contributed by atoms with van der Waals surface area (Å²) >= 11 is 0. The molecule has 0 unspecified atom stereocenters. The molecule has 0 aliphatic carbocycles. The molecular formula is C24H20N2O5. The van der Waals surface area contributed by atoms with Crippen molar-refractivity contribution in [3.63, 3.8) is 0 Å². The molecule has 0 saturated carbocycles. The van der Waals surface area contributed by atoms with Crippen molar-refractivity contribution in [3.05, 3.63) is 94.4 Å². The fourth-order valence-electron chi connectivity index (χ4n) is 4.04. The molecule has 2 aliphatic heterocycles. The molecule has 31 heavy (non-hydrogen) atoms. The van der Waals surface area contributed by atoms with Gasteiger partial charge in [-0.1, -0.05) is 36.4 Å². The summed E-state index contributed by atoms with van der Waals surface area (Å²) in [4.78, 5) is 27.3. The summed E-state index contributed by atoms with van der Waals surface area (Å²) in [5.74, 6) is 1.26. The number of nitrogens with zero attached hydrogens (tertiary/aromatic N) is 1. The van der Waals surface area contributed by atoms with Crippen LogP contribution in [-0.4, -0.2) is 28.5 Å². The fraction of sp³-hybridized carbons (Fsp3) is 0.167. The van der Waals surface area contributed by atoms with Crippen molar-refractivity contribution in [3.8, 4) is 5.75 Å². The summed E-state index contributed by atoms with van der Waals surface area (Å²) in [7, 11) is 0. The highest BCUT2D eigenvalue weighted by Gasteiger charge is 2.33. The first kappa shape index (κ1) is 19.1. The van der Waals surface area contributed by atoms with Crippen molar-refractivity contribution < 1.29 is 24.0 Å². The van der Waals surface area contributed by atoms with Gasteiger partial charge in [0.2, 0.25) is 0 Å². The van der Waals surface area contributed by atoms with E-state index in [2.05, 4.69) is 0 Å². The molecule has 0 radical (unpaired) electrons. The van der Waals surface area contributed by atoms with Gasteiger partial charge in [0.1, 0.15) is 23.9 Å². The van der Waals surface area contributed by atoms with E-state index in [4.69, 9.17) is 14.4 Å². The van der Waals surface area contributed by atoms with E-state index in [0.29, 0.717) is 30.0 Å². The van der Waals surface area contributed by atoms with E-state index in [9.17, 15) is 9.59 Å². The van der Waals surface area contributed by atoms with Gasteiger partial charge in [0.05, 0.1) is 12.6 Å². The van der Waals surface area contributed by atoms with Gasteiger partial charge in [0.25, 0.3) is 11.8 Å². The molecule has 0 spiro atoms. The van der Waals surface area contributed by atoms with Gasteiger partial charge in [-0.05, 0) is 35.9 Å². The van der Waals surface area contributed by atoms with Gasteiger partial charge >= 0.3 is 0 Å². The van der Waals surface area contributed by atoms with Gasteiger partial charge in [-0.15, -0.1) is 0 Å². The molecule has 5 rings (SSSR count). The topological polar surface area (TPSA) is 92.0 Å². The van der Waals surface area contributed by atoms with Crippen molar-refractivity contribution in [1.29, 1.82) is 0 Å². The standard InChI is InChI=1S/C24H20N2O5/c27-23(25-29)16-6-7-17-13-26(24(28)18-10-19-8-9-20(11-18)31-19)21(14-30-22(17)12-16)15-4-2-1-3-5-15/h1-10,12,21,29H,11,13-14H2,(H,25,27)/t21-/m1/s1. The molecule has 156 valence electrons. The van der Waals surface area contributed by atoms with Gasteiger partial charge in [-0.3, -0.25) is 14.8 Å². The van der Waals surface area contributed by atoms with E-state index in [0.717, 1.165) is 16.9 Å². The molecule has 1 aromatic heterocycles. The third kappa shape index (κ3) is 3.60. The Hall–Kier alpha value is -3.84. The van der Waals surface area contributed by atoms with Crippen LogP contribution in [0.5, 0.6) is 5.75 Å². The zero-order chi connectivity index (χ0) is 21.4. The predicted octanol–water partition coefficient (Wildman–Crippen LogP) is 3.50. The van der Waals surface area contributed by atoms with Crippen LogP contribution in [-0.2, 0) is 17.8 Å². The average Bonchev–Trinajstić information content (AvgIpc) is 3.04. The van der Waals surface area contributed by atoms with Crippen LogP contribution in [0.15, 0.2) is 70.7 Å². The molecule has 1 atom stereocenters. The Balaban J connectivity index is 1.52. The van der Waals surface area contributed by atoms with Crippen LogP contribution >= 0.6 is 0 Å². The van der Waals surface area contributed by atoms with E-state index in [1.807, 2.05) is 47.4 Å².